The Labute approximate surface area is 127 Å². The van der Waals surface area contributed by atoms with Crippen molar-refractivity contribution in [3.63, 3.8) is 0 Å². The fraction of sp³-hybridized carbons (Fsp3) is 0.154. The third-order valence-corrected chi connectivity index (χ3v) is 4.68. The minimum atomic E-state index is -3.88. The van der Waals surface area contributed by atoms with Crippen molar-refractivity contribution in [2.45, 2.75) is 18.4 Å². The van der Waals surface area contributed by atoms with E-state index in [2.05, 4.69) is 4.72 Å². The van der Waals surface area contributed by atoms with Gasteiger partial charge in [0.1, 0.15) is 4.90 Å². The maximum absolute atomic E-state index is 12.3. The number of nitrogens with two attached hydrogens (primary N) is 1. The summed E-state index contributed by atoms with van der Waals surface area (Å²) in [7, 11) is -3.88. The highest BCUT2D eigenvalue weighted by molar-refractivity contribution is 7.92. The first-order valence-electron chi connectivity index (χ1n) is 6.12. The summed E-state index contributed by atoms with van der Waals surface area (Å²) >= 11 is 5.90. The van der Waals surface area contributed by atoms with Crippen molar-refractivity contribution in [3.8, 4) is 0 Å². The van der Waals surface area contributed by atoms with Crippen LogP contribution in [0.4, 0.5) is 11.4 Å². The third kappa shape index (κ3) is 3.37. The maximum atomic E-state index is 12.3. The summed E-state index contributed by atoms with van der Waals surface area (Å²) in [5.74, 6) is 0. The van der Waals surface area contributed by atoms with E-state index < -0.39 is 10.0 Å². The molecule has 1 aromatic heterocycles. The molecule has 6 nitrogen and oxygen atoms in total. The van der Waals surface area contributed by atoms with Crippen LogP contribution in [0.25, 0.3) is 0 Å². The van der Waals surface area contributed by atoms with Crippen LogP contribution in [0.15, 0.2) is 46.2 Å². The molecule has 0 amide bonds. The van der Waals surface area contributed by atoms with E-state index in [0.717, 1.165) is 0 Å². The van der Waals surface area contributed by atoms with Gasteiger partial charge in [-0.05, 0) is 31.2 Å². The molecule has 0 spiro atoms. The van der Waals surface area contributed by atoms with Crippen molar-refractivity contribution in [2.75, 3.05) is 10.5 Å². The van der Waals surface area contributed by atoms with E-state index >= 15 is 0 Å². The minimum Gasteiger partial charge on any atom is -0.399 e. The molecule has 0 fully saturated rings. The number of rotatable bonds is 4. The number of hydrogen-bond donors (Lipinski definition) is 2. The summed E-state index contributed by atoms with van der Waals surface area (Å²) in [6.07, 6.45) is 1.43. The molecule has 0 aliphatic carbocycles. The number of aryl methyl sites for hydroxylation is 1. The van der Waals surface area contributed by atoms with Crippen LogP contribution in [0.2, 0.25) is 5.02 Å². The highest BCUT2D eigenvalue weighted by Gasteiger charge is 2.18. The Kier molecular flexibility index (Phi) is 4.24. The molecule has 1 aromatic carbocycles. The normalized spacial score (nSPS) is 11.3. The van der Waals surface area contributed by atoms with Crippen LogP contribution in [-0.4, -0.2) is 13.0 Å². The van der Waals surface area contributed by atoms with Crippen LogP contribution in [0.1, 0.15) is 6.92 Å². The summed E-state index contributed by atoms with van der Waals surface area (Å²) in [5.41, 5.74) is 5.94. The first kappa shape index (κ1) is 15.4. The second-order valence-electron chi connectivity index (χ2n) is 4.34. The van der Waals surface area contributed by atoms with E-state index in [0.29, 0.717) is 12.2 Å². The number of nitrogen functional groups attached to an aromatic ring is 1. The smallest absolute Gasteiger partial charge is 0.263 e. The molecule has 0 saturated heterocycles. The molecular formula is C13H14ClN3O3S. The Balaban J connectivity index is 2.42. The zero-order valence-electron chi connectivity index (χ0n) is 11.2. The van der Waals surface area contributed by atoms with E-state index in [1.807, 2.05) is 0 Å². The van der Waals surface area contributed by atoms with Gasteiger partial charge in [0, 0.05) is 24.5 Å². The lowest BCUT2D eigenvalue weighted by atomic mass is 10.3. The predicted octanol–water partition coefficient (Wildman–Crippen LogP) is 1.90. The Morgan fingerprint density at radius 3 is 2.67 bits per heavy atom. The fourth-order valence-electron chi connectivity index (χ4n) is 1.77. The SMILES string of the molecule is CCn1cc(NS(=O)(=O)c2cc(N)ccc2Cl)ccc1=O. The molecule has 0 unspecified atom stereocenters. The van der Waals surface area contributed by atoms with Crippen LogP contribution in [0.3, 0.4) is 0 Å². The highest BCUT2D eigenvalue weighted by atomic mass is 35.5. The van der Waals surface area contributed by atoms with Crippen molar-refractivity contribution >= 4 is 33.0 Å². The van der Waals surface area contributed by atoms with Crippen molar-refractivity contribution in [2.24, 2.45) is 0 Å². The van der Waals surface area contributed by atoms with Gasteiger partial charge in [0.2, 0.25) is 0 Å². The van der Waals surface area contributed by atoms with Gasteiger partial charge in [0.05, 0.1) is 10.7 Å². The fourth-order valence-corrected chi connectivity index (χ4v) is 3.35. The Morgan fingerprint density at radius 2 is 2.00 bits per heavy atom. The van der Waals surface area contributed by atoms with Crippen LogP contribution >= 0.6 is 11.6 Å². The van der Waals surface area contributed by atoms with Crippen LogP contribution in [0, 0.1) is 0 Å². The van der Waals surface area contributed by atoms with Crippen molar-refractivity contribution < 1.29 is 8.42 Å². The zero-order valence-corrected chi connectivity index (χ0v) is 12.8. The number of nitrogens with one attached hydrogen (secondary N) is 1. The summed E-state index contributed by atoms with van der Waals surface area (Å²) in [6.45, 7) is 2.22. The molecular weight excluding hydrogens is 314 g/mol. The lowest BCUT2D eigenvalue weighted by Crippen LogP contribution is -2.20. The van der Waals surface area contributed by atoms with E-state index in [9.17, 15) is 13.2 Å². The molecule has 2 aromatic rings. The van der Waals surface area contributed by atoms with Gasteiger partial charge in [-0.25, -0.2) is 8.42 Å². The Hall–Kier alpha value is -1.99. The van der Waals surface area contributed by atoms with Gasteiger partial charge < -0.3 is 10.3 Å². The second-order valence-corrected chi connectivity index (χ2v) is 6.40. The first-order valence-corrected chi connectivity index (χ1v) is 7.98. The molecule has 0 atom stereocenters. The average molecular weight is 328 g/mol. The van der Waals surface area contributed by atoms with Crippen LogP contribution < -0.4 is 16.0 Å². The number of pyridine rings is 1. The Bertz CT molecular complexity index is 831. The van der Waals surface area contributed by atoms with Gasteiger partial charge in [0.15, 0.2) is 0 Å². The lowest BCUT2D eigenvalue weighted by Gasteiger charge is -2.11. The predicted molar refractivity (Wildman–Crippen MR) is 83.0 cm³/mol. The summed E-state index contributed by atoms with van der Waals surface area (Å²) < 4.78 is 28.4. The molecule has 2 rings (SSSR count). The third-order valence-electron chi connectivity index (χ3n) is 2.82. The quantitative estimate of drug-likeness (QED) is 0.839. The second kappa shape index (κ2) is 5.79. The van der Waals surface area contributed by atoms with Crippen molar-refractivity contribution in [1.82, 2.24) is 4.57 Å². The van der Waals surface area contributed by atoms with Gasteiger partial charge in [0.25, 0.3) is 15.6 Å². The topological polar surface area (TPSA) is 94.2 Å². The summed E-state index contributed by atoms with van der Waals surface area (Å²) in [6, 6.07) is 6.89. The number of hydrogen-bond acceptors (Lipinski definition) is 4. The molecule has 1 heterocycles. The van der Waals surface area contributed by atoms with E-state index in [4.69, 9.17) is 17.3 Å². The Morgan fingerprint density at radius 1 is 1.29 bits per heavy atom. The molecule has 3 N–H and O–H groups in total. The van der Waals surface area contributed by atoms with Crippen molar-refractivity contribution in [1.29, 1.82) is 0 Å². The molecule has 0 saturated carbocycles. The lowest BCUT2D eigenvalue weighted by molar-refractivity contribution is 0.601. The molecule has 0 aliphatic rings. The van der Waals surface area contributed by atoms with E-state index in [-0.39, 0.29) is 21.2 Å². The maximum Gasteiger partial charge on any atom is 0.263 e. The number of sulfonamides is 1. The highest BCUT2D eigenvalue weighted by Crippen LogP contribution is 2.25. The van der Waals surface area contributed by atoms with Gasteiger partial charge >= 0.3 is 0 Å². The zero-order chi connectivity index (χ0) is 15.6. The van der Waals surface area contributed by atoms with E-state index in [1.165, 1.54) is 41.1 Å². The molecule has 112 valence electrons. The van der Waals surface area contributed by atoms with Gasteiger partial charge in [-0.1, -0.05) is 11.6 Å². The number of halogens is 1. The van der Waals surface area contributed by atoms with Gasteiger partial charge in [-0.2, -0.15) is 0 Å². The standard InChI is InChI=1S/C13H14ClN3O3S/c1-2-17-8-10(4-6-13(17)18)16-21(19,20)12-7-9(15)3-5-11(12)14/h3-8,16H,2,15H2,1H3. The molecule has 0 bridgehead atoms. The summed E-state index contributed by atoms with van der Waals surface area (Å²) in [5, 5.41) is 0.0699. The number of anilines is 2. The van der Waals surface area contributed by atoms with Crippen molar-refractivity contribution in [3.05, 3.63) is 51.9 Å². The molecule has 0 radical (unpaired) electrons. The largest absolute Gasteiger partial charge is 0.399 e. The number of nitrogens with zero attached hydrogens (tertiary/aromatic N) is 1. The minimum absolute atomic E-state index is 0.0699. The first-order chi connectivity index (χ1) is 9.83. The number of benzene rings is 1. The van der Waals surface area contributed by atoms with Crippen LogP contribution in [-0.2, 0) is 16.6 Å². The molecule has 8 heteroatoms. The average Bonchev–Trinajstić information content (AvgIpc) is 2.43. The van der Waals surface area contributed by atoms with Gasteiger partial charge in [-0.3, -0.25) is 9.52 Å². The summed E-state index contributed by atoms with van der Waals surface area (Å²) in [4.78, 5) is 11.4. The molecule has 0 aliphatic heterocycles. The van der Waals surface area contributed by atoms with E-state index in [1.54, 1.807) is 6.92 Å². The number of aromatic nitrogens is 1. The van der Waals surface area contributed by atoms with Gasteiger partial charge in [-0.15, -0.1) is 0 Å². The monoisotopic (exact) mass is 327 g/mol. The van der Waals surface area contributed by atoms with Crippen LogP contribution in [0.5, 0.6) is 0 Å². The molecule has 21 heavy (non-hydrogen) atoms.